The maximum Gasteiger partial charge on any atom is 0.325 e. The van der Waals surface area contributed by atoms with Gasteiger partial charge in [-0.25, -0.2) is 0 Å². The molecule has 0 radical (unpaired) electrons. The Bertz CT molecular complexity index is 943. The fraction of sp³-hybridized carbons (Fsp3) is 0.333. The van der Waals surface area contributed by atoms with Crippen LogP contribution in [0, 0.1) is 5.92 Å². The highest BCUT2D eigenvalue weighted by atomic mass is 16.5. The Morgan fingerprint density at radius 1 is 1.10 bits per heavy atom. The zero-order chi connectivity index (χ0) is 20.8. The van der Waals surface area contributed by atoms with Gasteiger partial charge in [0.15, 0.2) is 6.61 Å². The van der Waals surface area contributed by atoms with E-state index in [-0.39, 0.29) is 24.9 Å². The van der Waals surface area contributed by atoms with Gasteiger partial charge in [-0.3, -0.25) is 19.2 Å². The van der Waals surface area contributed by atoms with E-state index in [1.807, 2.05) is 30.3 Å². The lowest BCUT2D eigenvalue weighted by molar-refractivity contribution is -0.152. The lowest BCUT2D eigenvalue weighted by Gasteiger charge is -2.31. The second kappa shape index (κ2) is 9.18. The molecule has 3 rings (SSSR count). The summed E-state index contributed by atoms with van der Waals surface area (Å²) in [5, 5.41) is 4.42. The van der Waals surface area contributed by atoms with Crippen LogP contribution in [0.5, 0.6) is 0 Å². The minimum atomic E-state index is -0.712. The van der Waals surface area contributed by atoms with Crippen molar-refractivity contribution >= 4 is 34.5 Å². The monoisotopic (exact) mass is 397 g/mol. The lowest BCUT2D eigenvalue weighted by atomic mass is 9.97. The maximum absolute atomic E-state index is 12.2. The Hall–Kier alpha value is -3.42. The summed E-state index contributed by atoms with van der Waals surface area (Å²) in [6, 6.07) is 12.9. The molecule has 0 aromatic heterocycles. The number of carbonyl (C=O) groups is 4. The third-order valence-corrected chi connectivity index (χ3v) is 4.94. The van der Waals surface area contributed by atoms with E-state index >= 15 is 0 Å². The summed E-state index contributed by atoms with van der Waals surface area (Å²) in [7, 11) is 0. The van der Waals surface area contributed by atoms with Crippen molar-refractivity contribution in [2.75, 3.05) is 26.2 Å². The van der Waals surface area contributed by atoms with Gasteiger partial charge in [0, 0.05) is 18.7 Å². The second-order valence-corrected chi connectivity index (χ2v) is 6.99. The third kappa shape index (κ3) is 5.31. The first-order chi connectivity index (χ1) is 13.9. The summed E-state index contributed by atoms with van der Waals surface area (Å²) in [5.41, 5.74) is 5.72. The molecule has 0 spiro atoms. The highest BCUT2D eigenvalue weighted by molar-refractivity contribution is 5.99. The molecule has 2 aromatic rings. The molecule has 0 saturated carbocycles. The van der Waals surface area contributed by atoms with E-state index in [2.05, 4.69) is 5.32 Å². The molecular weight excluding hydrogens is 374 g/mol. The molecule has 8 heteroatoms. The van der Waals surface area contributed by atoms with Crippen LogP contribution in [0.1, 0.15) is 23.2 Å². The largest absolute Gasteiger partial charge is 0.454 e. The van der Waals surface area contributed by atoms with Crippen LogP contribution in [0.4, 0.5) is 0 Å². The molecule has 8 nitrogen and oxygen atoms in total. The van der Waals surface area contributed by atoms with Gasteiger partial charge in [-0.2, -0.15) is 0 Å². The van der Waals surface area contributed by atoms with Gasteiger partial charge in [0.25, 0.3) is 11.8 Å². The molecule has 0 aliphatic carbocycles. The van der Waals surface area contributed by atoms with E-state index in [4.69, 9.17) is 10.5 Å². The molecule has 1 aliphatic rings. The predicted molar refractivity (Wildman–Crippen MR) is 106 cm³/mol. The number of carbonyl (C=O) groups excluding carboxylic acids is 4. The zero-order valence-corrected chi connectivity index (χ0v) is 15.9. The number of ether oxygens (including phenoxy) is 1. The van der Waals surface area contributed by atoms with Crippen molar-refractivity contribution in [2.45, 2.75) is 12.8 Å². The molecule has 1 aliphatic heterocycles. The van der Waals surface area contributed by atoms with Crippen LogP contribution >= 0.6 is 0 Å². The number of rotatable bonds is 6. The summed E-state index contributed by atoms with van der Waals surface area (Å²) < 4.78 is 4.95. The Labute approximate surface area is 168 Å². The predicted octanol–water partition coefficient (Wildman–Crippen LogP) is 0.837. The standard InChI is InChI=1S/C21H23N3O5/c22-20(27)17-6-3-9-24(12-17)18(25)13-29-19(26)11-23-21(28)16-8-7-14-4-1-2-5-15(14)10-16/h1-2,4-5,7-8,10,17H,3,6,9,11-13H2,(H2,22,27)(H,23,28)/t17-/m1/s1. The van der Waals surface area contributed by atoms with Crippen LogP contribution in [0.2, 0.25) is 0 Å². The first-order valence-corrected chi connectivity index (χ1v) is 9.44. The number of nitrogens with zero attached hydrogens (tertiary/aromatic N) is 1. The molecule has 152 valence electrons. The van der Waals surface area contributed by atoms with Gasteiger partial charge >= 0.3 is 5.97 Å². The number of fused-ring (bicyclic) bond motifs is 1. The number of benzene rings is 2. The van der Waals surface area contributed by atoms with Crippen LogP contribution in [0.25, 0.3) is 10.8 Å². The molecule has 1 atom stereocenters. The van der Waals surface area contributed by atoms with Gasteiger partial charge in [0.05, 0.1) is 5.92 Å². The number of piperidine rings is 1. The van der Waals surface area contributed by atoms with E-state index in [1.54, 1.807) is 12.1 Å². The van der Waals surface area contributed by atoms with E-state index in [0.717, 1.165) is 10.8 Å². The van der Waals surface area contributed by atoms with Crippen molar-refractivity contribution in [3.05, 3.63) is 48.0 Å². The molecule has 1 saturated heterocycles. The minimum Gasteiger partial charge on any atom is -0.454 e. The highest BCUT2D eigenvalue weighted by Gasteiger charge is 2.27. The molecule has 0 bridgehead atoms. The van der Waals surface area contributed by atoms with Crippen molar-refractivity contribution in [3.63, 3.8) is 0 Å². The van der Waals surface area contributed by atoms with Gasteiger partial charge in [0.1, 0.15) is 6.54 Å². The molecule has 2 aromatic carbocycles. The van der Waals surface area contributed by atoms with E-state index in [0.29, 0.717) is 24.9 Å². The van der Waals surface area contributed by atoms with E-state index in [9.17, 15) is 19.2 Å². The number of nitrogens with two attached hydrogens (primary N) is 1. The lowest BCUT2D eigenvalue weighted by Crippen LogP contribution is -2.45. The van der Waals surface area contributed by atoms with Crippen molar-refractivity contribution in [1.29, 1.82) is 0 Å². The first kappa shape index (κ1) is 20.3. The van der Waals surface area contributed by atoms with Gasteiger partial charge in [0.2, 0.25) is 5.91 Å². The van der Waals surface area contributed by atoms with Crippen LogP contribution in [0.3, 0.4) is 0 Å². The maximum atomic E-state index is 12.2. The molecule has 3 amide bonds. The summed E-state index contributed by atoms with van der Waals surface area (Å²) >= 11 is 0. The van der Waals surface area contributed by atoms with Crippen molar-refractivity contribution in [2.24, 2.45) is 11.7 Å². The average molecular weight is 397 g/mol. The average Bonchev–Trinajstić information content (AvgIpc) is 2.75. The van der Waals surface area contributed by atoms with Crippen molar-refractivity contribution in [1.82, 2.24) is 10.2 Å². The van der Waals surface area contributed by atoms with Crippen LogP contribution in [0.15, 0.2) is 42.5 Å². The fourth-order valence-electron chi connectivity index (χ4n) is 3.31. The Morgan fingerprint density at radius 3 is 2.62 bits per heavy atom. The molecule has 1 heterocycles. The topological polar surface area (TPSA) is 119 Å². The van der Waals surface area contributed by atoms with Gasteiger partial charge in [-0.05, 0) is 35.7 Å². The first-order valence-electron chi connectivity index (χ1n) is 9.44. The number of likely N-dealkylation sites (tertiary alicyclic amines) is 1. The minimum absolute atomic E-state index is 0.240. The summed E-state index contributed by atoms with van der Waals surface area (Å²) in [4.78, 5) is 49.0. The highest BCUT2D eigenvalue weighted by Crippen LogP contribution is 2.16. The number of hydrogen-bond acceptors (Lipinski definition) is 5. The van der Waals surface area contributed by atoms with Crippen molar-refractivity contribution < 1.29 is 23.9 Å². The number of esters is 1. The van der Waals surface area contributed by atoms with Crippen LogP contribution in [-0.4, -0.2) is 54.8 Å². The van der Waals surface area contributed by atoms with E-state index in [1.165, 1.54) is 4.90 Å². The SMILES string of the molecule is NC(=O)[C@@H]1CCCN(C(=O)COC(=O)CNC(=O)c2ccc3ccccc3c2)C1. The Kier molecular flexibility index (Phi) is 6.43. The van der Waals surface area contributed by atoms with Gasteiger partial charge < -0.3 is 20.7 Å². The molecular formula is C21H23N3O5. The summed E-state index contributed by atoms with van der Waals surface area (Å²) in [6.45, 7) is -0.0394. The van der Waals surface area contributed by atoms with Gasteiger partial charge in [-0.15, -0.1) is 0 Å². The fourth-order valence-corrected chi connectivity index (χ4v) is 3.31. The molecule has 29 heavy (non-hydrogen) atoms. The number of nitrogens with one attached hydrogen (secondary N) is 1. The van der Waals surface area contributed by atoms with Crippen molar-refractivity contribution in [3.8, 4) is 0 Å². The smallest absolute Gasteiger partial charge is 0.325 e. The quantitative estimate of drug-likeness (QED) is 0.700. The number of amides is 3. The summed E-state index contributed by atoms with van der Waals surface area (Å²) in [5.74, 6) is -2.30. The second-order valence-electron chi connectivity index (χ2n) is 6.99. The molecule has 1 fully saturated rings. The summed E-state index contributed by atoms with van der Waals surface area (Å²) in [6.07, 6.45) is 1.33. The van der Waals surface area contributed by atoms with E-state index < -0.39 is 24.4 Å². The number of primary amides is 1. The van der Waals surface area contributed by atoms with Gasteiger partial charge in [-0.1, -0.05) is 30.3 Å². The number of hydrogen-bond donors (Lipinski definition) is 2. The van der Waals surface area contributed by atoms with Crippen LogP contribution < -0.4 is 11.1 Å². The van der Waals surface area contributed by atoms with Crippen LogP contribution in [-0.2, 0) is 19.1 Å². The molecule has 3 N–H and O–H groups in total. The third-order valence-electron chi connectivity index (χ3n) is 4.94. The normalized spacial score (nSPS) is 16.3. The Balaban J connectivity index is 1.45. The zero-order valence-electron chi connectivity index (χ0n) is 15.9. The Morgan fingerprint density at radius 2 is 1.86 bits per heavy atom. The molecule has 0 unspecified atom stereocenters.